The summed E-state index contributed by atoms with van der Waals surface area (Å²) in [5, 5.41) is 7.23. The van der Waals surface area contributed by atoms with Crippen LogP contribution in [0.3, 0.4) is 0 Å². The molecule has 4 aliphatic rings. The molecule has 3 heterocycles. The number of likely N-dealkylation sites (tertiary alicyclic amines) is 1. The molecule has 8 nitrogen and oxygen atoms in total. The van der Waals surface area contributed by atoms with E-state index in [1.165, 1.54) is 12.8 Å². The van der Waals surface area contributed by atoms with Gasteiger partial charge in [0.1, 0.15) is 5.50 Å². The molecule has 9 heteroatoms. The van der Waals surface area contributed by atoms with Crippen molar-refractivity contribution in [2.75, 3.05) is 33.4 Å². The molecule has 1 saturated carbocycles. The summed E-state index contributed by atoms with van der Waals surface area (Å²) in [5.74, 6) is 0.963. The number of amides is 2. The molecule has 6 atom stereocenters. The topological polar surface area (TPSA) is 88.7 Å². The van der Waals surface area contributed by atoms with Crippen LogP contribution in [0.25, 0.3) is 0 Å². The summed E-state index contributed by atoms with van der Waals surface area (Å²) in [6, 6.07) is 0.0121. The zero-order valence-corrected chi connectivity index (χ0v) is 19.9. The summed E-state index contributed by atoms with van der Waals surface area (Å²) in [7, 11) is 2.13. The first-order valence-corrected chi connectivity index (χ1v) is 13.1. The zero-order valence-electron chi connectivity index (χ0n) is 19.1. The fraction of sp³-hybridized carbons (Fsp3) is 0.909. The molecule has 0 aromatic heterocycles. The molecule has 0 bridgehead atoms. The zero-order chi connectivity index (χ0) is 21.8. The van der Waals surface area contributed by atoms with E-state index in [1.54, 1.807) is 0 Å². The number of rotatable bonds is 6. The van der Waals surface area contributed by atoms with Crippen LogP contribution in [0.15, 0.2) is 0 Å². The molecule has 176 valence electrons. The lowest BCUT2D eigenvalue weighted by atomic mass is 9.83. The Morgan fingerprint density at radius 1 is 1.10 bits per heavy atom. The highest BCUT2D eigenvalue weighted by atomic mass is 32.2. The third-order valence-electron chi connectivity index (χ3n) is 7.51. The predicted molar refractivity (Wildman–Crippen MR) is 124 cm³/mol. The molecule has 3 aliphatic heterocycles. The largest absolute Gasteiger partial charge is 0.352 e. The molecule has 0 aromatic rings. The van der Waals surface area contributed by atoms with Gasteiger partial charge in [-0.1, -0.05) is 13.3 Å². The second-order valence-corrected chi connectivity index (χ2v) is 11.3. The lowest BCUT2D eigenvalue weighted by molar-refractivity contribution is -0.136. The first kappa shape index (κ1) is 23.3. The van der Waals surface area contributed by atoms with Crippen LogP contribution in [0.2, 0.25) is 0 Å². The molecule has 0 radical (unpaired) electrons. The molecule has 0 spiro atoms. The lowest BCUT2D eigenvalue weighted by Crippen LogP contribution is -2.53. The van der Waals surface area contributed by atoms with Gasteiger partial charge < -0.3 is 15.5 Å². The van der Waals surface area contributed by atoms with E-state index in [1.807, 2.05) is 16.7 Å². The number of nitrogens with zero attached hydrogens (tertiary/aromatic N) is 2. The van der Waals surface area contributed by atoms with E-state index in [4.69, 9.17) is 0 Å². The van der Waals surface area contributed by atoms with Crippen molar-refractivity contribution in [2.45, 2.75) is 81.1 Å². The average molecular weight is 453 g/mol. The fourth-order valence-electron chi connectivity index (χ4n) is 5.53. The Bertz CT molecular complexity index is 631. The number of thioether (sulfide) groups is 1. The summed E-state index contributed by atoms with van der Waals surface area (Å²) < 4.78 is 0. The van der Waals surface area contributed by atoms with Crippen molar-refractivity contribution < 1.29 is 9.59 Å². The monoisotopic (exact) mass is 452 g/mol. The van der Waals surface area contributed by atoms with Gasteiger partial charge >= 0.3 is 0 Å². The third-order valence-corrected chi connectivity index (χ3v) is 9.06. The highest BCUT2D eigenvalue weighted by molar-refractivity contribution is 8.00. The Morgan fingerprint density at radius 3 is 2.65 bits per heavy atom. The van der Waals surface area contributed by atoms with E-state index in [-0.39, 0.29) is 29.8 Å². The van der Waals surface area contributed by atoms with Gasteiger partial charge in [0, 0.05) is 30.3 Å². The Kier molecular flexibility index (Phi) is 8.14. The van der Waals surface area contributed by atoms with E-state index in [2.05, 4.69) is 40.4 Å². The second kappa shape index (κ2) is 10.8. The summed E-state index contributed by atoms with van der Waals surface area (Å²) >= 11 is 1.97. The van der Waals surface area contributed by atoms with Gasteiger partial charge in [-0.15, -0.1) is 11.8 Å². The average Bonchev–Trinajstić information content (AvgIpc) is 3.46. The van der Waals surface area contributed by atoms with Gasteiger partial charge in [0.25, 0.3) is 0 Å². The first-order chi connectivity index (χ1) is 15.0. The molecule has 0 aromatic carbocycles. The number of hydrogen-bond donors (Lipinski definition) is 4. The summed E-state index contributed by atoms with van der Waals surface area (Å²) in [4.78, 5) is 30.1. The maximum Gasteiger partial charge on any atom is 0.237 e. The summed E-state index contributed by atoms with van der Waals surface area (Å²) in [6.07, 6.45) is 8.22. The maximum atomic E-state index is 13.0. The van der Waals surface area contributed by atoms with E-state index in [0.29, 0.717) is 23.1 Å². The molecule has 31 heavy (non-hydrogen) atoms. The normalized spacial score (nSPS) is 35.8. The molecule has 3 saturated heterocycles. The smallest absolute Gasteiger partial charge is 0.237 e. The van der Waals surface area contributed by atoms with Crippen LogP contribution in [0.1, 0.15) is 58.3 Å². The van der Waals surface area contributed by atoms with Crippen LogP contribution in [0, 0.1) is 11.8 Å². The number of hydrogen-bond acceptors (Lipinski definition) is 7. The highest BCUT2D eigenvalue weighted by Crippen LogP contribution is 2.35. The van der Waals surface area contributed by atoms with Gasteiger partial charge in [0.2, 0.25) is 11.8 Å². The quantitative estimate of drug-likeness (QED) is 0.479. The predicted octanol–water partition coefficient (Wildman–Crippen LogP) is 1.05. The summed E-state index contributed by atoms with van der Waals surface area (Å²) in [5.41, 5.74) is 6.83. The van der Waals surface area contributed by atoms with Crippen molar-refractivity contribution in [2.24, 2.45) is 11.8 Å². The van der Waals surface area contributed by atoms with E-state index in [0.717, 1.165) is 58.4 Å². The Morgan fingerprint density at radius 2 is 1.90 bits per heavy atom. The third kappa shape index (κ3) is 5.93. The SMILES string of the molecule is C[C@H](SC1NNCN1C)C1CCCC(NC(=O)C2CC(C(=O)N3CCCC3)CCN2)C1. The van der Waals surface area contributed by atoms with Crippen LogP contribution in [-0.2, 0) is 9.59 Å². The molecule has 5 unspecified atom stereocenters. The standard InChI is InChI=1S/C22H40N6O2S/c1-15(31-22-26-24-14-27(22)2)16-6-5-7-18(12-16)25-20(29)19-13-17(8-9-23-19)21(30)28-10-3-4-11-28/h15-19,22-24,26H,3-14H2,1-2H3,(H,25,29)/t15-,16?,17?,18?,19?,22?/m0/s1. The number of carbonyl (C=O) groups is 2. The van der Waals surface area contributed by atoms with Crippen LogP contribution in [0.5, 0.6) is 0 Å². The maximum absolute atomic E-state index is 13.0. The van der Waals surface area contributed by atoms with Crippen molar-refractivity contribution in [1.82, 2.24) is 31.3 Å². The molecule has 2 amide bonds. The van der Waals surface area contributed by atoms with Crippen LogP contribution in [0.4, 0.5) is 0 Å². The van der Waals surface area contributed by atoms with E-state index in [9.17, 15) is 9.59 Å². The lowest BCUT2D eigenvalue weighted by Gasteiger charge is -2.36. The minimum atomic E-state index is -0.236. The molecule has 4 fully saturated rings. The minimum absolute atomic E-state index is 0.00450. The number of nitrogens with one attached hydrogen (secondary N) is 4. The minimum Gasteiger partial charge on any atom is -0.352 e. The van der Waals surface area contributed by atoms with Gasteiger partial charge in [-0.2, -0.15) is 0 Å². The van der Waals surface area contributed by atoms with E-state index >= 15 is 0 Å². The molecule has 4 rings (SSSR count). The van der Waals surface area contributed by atoms with E-state index < -0.39 is 0 Å². The van der Waals surface area contributed by atoms with Crippen LogP contribution < -0.4 is 21.5 Å². The summed E-state index contributed by atoms with van der Waals surface area (Å²) in [6.45, 7) is 5.72. The Hall–Kier alpha value is -0.870. The van der Waals surface area contributed by atoms with Gasteiger partial charge in [0.15, 0.2) is 0 Å². The van der Waals surface area contributed by atoms with Crippen molar-refractivity contribution in [1.29, 1.82) is 0 Å². The molecular weight excluding hydrogens is 412 g/mol. The van der Waals surface area contributed by atoms with Gasteiger partial charge in [-0.25, -0.2) is 10.9 Å². The van der Waals surface area contributed by atoms with Crippen molar-refractivity contribution in [3.63, 3.8) is 0 Å². The first-order valence-electron chi connectivity index (χ1n) is 12.2. The second-order valence-electron chi connectivity index (χ2n) is 9.82. The molecular formula is C22H40N6O2S. The van der Waals surface area contributed by atoms with Crippen molar-refractivity contribution in [3.05, 3.63) is 0 Å². The number of hydrazine groups is 1. The number of carbonyl (C=O) groups excluding carboxylic acids is 2. The van der Waals surface area contributed by atoms with Crippen LogP contribution in [-0.4, -0.2) is 77.8 Å². The van der Waals surface area contributed by atoms with Crippen molar-refractivity contribution in [3.8, 4) is 0 Å². The fourth-order valence-corrected chi connectivity index (χ4v) is 6.84. The van der Waals surface area contributed by atoms with Gasteiger partial charge in [-0.05, 0) is 64.5 Å². The molecule has 1 aliphatic carbocycles. The Labute approximate surface area is 191 Å². The molecule has 4 N–H and O–H groups in total. The van der Waals surface area contributed by atoms with Crippen molar-refractivity contribution >= 4 is 23.6 Å². The van der Waals surface area contributed by atoms with Gasteiger partial charge in [0.05, 0.1) is 12.7 Å². The Balaban J connectivity index is 1.25. The highest BCUT2D eigenvalue weighted by Gasteiger charge is 2.36. The van der Waals surface area contributed by atoms with Gasteiger partial charge in [-0.3, -0.25) is 14.5 Å². The van der Waals surface area contributed by atoms with Crippen LogP contribution >= 0.6 is 11.8 Å². The number of piperidine rings is 1.